The molecule has 1 heterocycles. The van der Waals surface area contributed by atoms with Gasteiger partial charge in [-0.3, -0.25) is 0 Å². The molecule has 2 aromatic rings. The van der Waals surface area contributed by atoms with Crippen LogP contribution in [-0.4, -0.2) is 4.98 Å². The number of hydrogen-bond acceptors (Lipinski definition) is 4. The van der Waals surface area contributed by atoms with Gasteiger partial charge in [0, 0.05) is 9.92 Å². The summed E-state index contributed by atoms with van der Waals surface area (Å²) in [6.45, 7) is 1.84. The zero-order valence-corrected chi connectivity index (χ0v) is 9.97. The van der Waals surface area contributed by atoms with E-state index in [0.29, 0.717) is 15.8 Å². The molecular formula is C11H7ClN2OS. The largest absolute Gasteiger partial charge is 0.439 e. The predicted octanol–water partition coefficient (Wildman–Crippen LogP) is 3.66. The highest BCUT2D eigenvalue weighted by molar-refractivity contribution is 7.99. The highest BCUT2D eigenvalue weighted by Crippen LogP contribution is 2.31. The second-order valence-electron chi connectivity index (χ2n) is 3.11. The maximum absolute atomic E-state index is 8.94. The zero-order valence-electron chi connectivity index (χ0n) is 8.40. The molecule has 16 heavy (non-hydrogen) atoms. The van der Waals surface area contributed by atoms with Gasteiger partial charge in [-0.25, -0.2) is 4.98 Å². The smallest absolute Gasteiger partial charge is 0.260 e. The summed E-state index contributed by atoms with van der Waals surface area (Å²) < 4.78 is 5.21. The molecule has 0 atom stereocenters. The normalized spacial score (nSPS) is 10.1. The van der Waals surface area contributed by atoms with Crippen molar-refractivity contribution in [2.75, 3.05) is 0 Å². The first-order valence-electron chi connectivity index (χ1n) is 4.48. The molecular weight excluding hydrogens is 244 g/mol. The fraction of sp³-hybridized carbons (Fsp3) is 0.0909. The standard InChI is InChI=1S/C11H7ClN2OS/c1-7-6-15-11(14-7)16-10-4-9(12)3-2-8(10)5-13/h2-4,6H,1H3. The fourth-order valence-electron chi connectivity index (χ4n) is 1.15. The number of rotatable bonds is 2. The van der Waals surface area contributed by atoms with E-state index in [2.05, 4.69) is 11.1 Å². The van der Waals surface area contributed by atoms with Gasteiger partial charge in [0.1, 0.15) is 12.3 Å². The summed E-state index contributed by atoms with van der Waals surface area (Å²) in [5, 5.41) is 10.0. The number of aromatic nitrogens is 1. The van der Waals surface area contributed by atoms with Crippen LogP contribution in [0, 0.1) is 18.3 Å². The van der Waals surface area contributed by atoms with E-state index in [1.54, 1.807) is 24.5 Å². The van der Waals surface area contributed by atoms with Crippen LogP contribution < -0.4 is 0 Å². The van der Waals surface area contributed by atoms with E-state index >= 15 is 0 Å². The number of nitrogens with zero attached hydrogens (tertiary/aromatic N) is 2. The van der Waals surface area contributed by atoms with Gasteiger partial charge in [-0.15, -0.1) is 0 Å². The lowest BCUT2D eigenvalue weighted by Gasteiger charge is -2.00. The van der Waals surface area contributed by atoms with Crippen LogP contribution in [0.25, 0.3) is 0 Å². The fourth-order valence-corrected chi connectivity index (χ4v) is 2.27. The second kappa shape index (κ2) is 4.60. The summed E-state index contributed by atoms with van der Waals surface area (Å²) in [7, 11) is 0. The van der Waals surface area contributed by atoms with Crippen LogP contribution >= 0.6 is 23.4 Å². The summed E-state index contributed by atoms with van der Waals surface area (Å²) in [5.74, 6) is 0. The summed E-state index contributed by atoms with van der Waals surface area (Å²) in [5.41, 5.74) is 1.37. The van der Waals surface area contributed by atoms with Gasteiger partial charge in [-0.1, -0.05) is 11.6 Å². The first-order chi connectivity index (χ1) is 7.69. The van der Waals surface area contributed by atoms with Crippen LogP contribution in [0.2, 0.25) is 5.02 Å². The Balaban J connectivity index is 2.34. The van der Waals surface area contributed by atoms with Crippen molar-refractivity contribution in [2.24, 2.45) is 0 Å². The van der Waals surface area contributed by atoms with E-state index in [4.69, 9.17) is 21.3 Å². The van der Waals surface area contributed by atoms with E-state index in [1.165, 1.54) is 11.8 Å². The maximum Gasteiger partial charge on any atom is 0.260 e. The van der Waals surface area contributed by atoms with Crippen molar-refractivity contribution in [2.45, 2.75) is 17.0 Å². The van der Waals surface area contributed by atoms with Crippen molar-refractivity contribution in [3.05, 3.63) is 40.7 Å². The molecule has 0 amide bonds. The van der Waals surface area contributed by atoms with Crippen molar-refractivity contribution in [1.29, 1.82) is 5.26 Å². The minimum absolute atomic E-state index is 0.510. The molecule has 0 fully saturated rings. The van der Waals surface area contributed by atoms with Gasteiger partial charge in [0.2, 0.25) is 0 Å². The highest BCUT2D eigenvalue weighted by Gasteiger charge is 2.08. The predicted molar refractivity (Wildman–Crippen MR) is 61.5 cm³/mol. The van der Waals surface area contributed by atoms with E-state index < -0.39 is 0 Å². The molecule has 80 valence electrons. The molecule has 3 nitrogen and oxygen atoms in total. The topological polar surface area (TPSA) is 49.8 Å². The molecule has 0 spiro atoms. The van der Waals surface area contributed by atoms with Crippen LogP contribution in [0.5, 0.6) is 0 Å². The summed E-state index contributed by atoms with van der Waals surface area (Å²) in [6.07, 6.45) is 1.57. The molecule has 0 saturated carbocycles. The molecule has 2 rings (SSSR count). The maximum atomic E-state index is 8.94. The zero-order chi connectivity index (χ0) is 11.5. The Hall–Kier alpha value is -1.44. The quantitative estimate of drug-likeness (QED) is 0.816. The third kappa shape index (κ3) is 2.38. The third-order valence-corrected chi connectivity index (χ3v) is 3.01. The monoisotopic (exact) mass is 250 g/mol. The van der Waals surface area contributed by atoms with Crippen molar-refractivity contribution < 1.29 is 4.42 Å². The Bertz CT molecular complexity index is 559. The molecule has 0 aliphatic rings. The number of halogens is 1. The Morgan fingerprint density at radius 3 is 2.94 bits per heavy atom. The van der Waals surface area contributed by atoms with Gasteiger partial charge in [-0.05, 0) is 36.9 Å². The van der Waals surface area contributed by atoms with E-state index in [0.717, 1.165) is 10.6 Å². The number of oxazole rings is 1. The molecule has 0 N–H and O–H groups in total. The third-order valence-electron chi connectivity index (χ3n) is 1.86. The minimum Gasteiger partial charge on any atom is -0.439 e. The van der Waals surface area contributed by atoms with Gasteiger partial charge in [0.15, 0.2) is 0 Å². The molecule has 0 aliphatic heterocycles. The first kappa shape index (κ1) is 11.1. The minimum atomic E-state index is 0.510. The van der Waals surface area contributed by atoms with Crippen molar-refractivity contribution in [3.63, 3.8) is 0 Å². The molecule has 1 aromatic carbocycles. The Morgan fingerprint density at radius 2 is 2.31 bits per heavy atom. The molecule has 1 aromatic heterocycles. The summed E-state index contributed by atoms with van der Waals surface area (Å²) >= 11 is 7.16. The lowest BCUT2D eigenvalue weighted by Crippen LogP contribution is -1.81. The lowest BCUT2D eigenvalue weighted by molar-refractivity contribution is 0.454. The van der Waals surface area contributed by atoms with Gasteiger partial charge >= 0.3 is 0 Å². The molecule has 5 heteroatoms. The number of aryl methyl sites for hydroxylation is 1. The Kier molecular flexibility index (Phi) is 3.18. The van der Waals surface area contributed by atoms with Crippen molar-refractivity contribution >= 4 is 23.4 Å². The summed E-state index contributed by atoms with van der Waals surface area (Å²) in [4.78, 5) is 4.90. The lowest BCUT2D eigenvalue weighted by atomic mass is 10.2. The average Bonchev–Trinajstić information content (AvgIpc) is 2.64. The number of nitriles is 1. The molecule has 0 bridgehead atoms. The first-order valence-corrected chi connectivity index (χ1v) is 5.68. The second-order valence-corrected chi connectivity index (χ2v) is 4.54. The highest BCUT2D eigenvalue weighted by atomic mass is 35.5. The van der Waals surface area contributed by atoms with Crippen LogP contribution in [-0.2, 0) is 0 Å². The van der Waals surface area contributed by atoms with E-state index in [-0.39, 0.29) is 0 Å². The van der Waals surface area contributed by atoms with Crippen LogP contribution in [0.3, 0.4) is 0 Å². The van der Waals surface area contributed by atoms with Crippen LogP contribution in [0.4, 0.5) is 0 Å². The summed E-state index contributed by atoms with van der Waals surface area (Å²) in [6, 6.07) is 7.19. The van der Waals surface area contributed by atoms with Gasteiger partial charge < -0.3 is 4.42 Å². The molecule has 0 unspecified atom stereocenters. The van der Waals surface area contributed by atoms with Crippen LogP contribution in [0.1, 0.15) is 11.3 Å². The average molecular weight is 251 g/mol. The van der Waals surface area contributed by atoms with E-state index in [9.17, 15) is 0 Å². The van der Waals surface area contributed by atoms with Crippen molar-refractivity contribution in [1.82, 2.24) is 4.98 Å². The molecule has 0 aliphatic carbocycles. The SMILES string of the molecule is Cc1coc(Sc2cc(Cl)ccc2C#N)n1. The number of benzene rings is 1. The van der Waals surface area contributed by atoms with E-state index in [1.807, 2.05) is 6.92 Å². The van der Waals surface area contributed by atoms with Gasteiger partial charge in [-0.2, -0.15) is 5.26 Å². The molecule has 0 saturated heterocycles. The van der Waals surface area contributed by atoms with Gasteiger partial charge in [0.05, 0.1) is 11.3 Å². The van der Waals surface area contributed by atoms with Crippen LogP contribution in [0.15, 0.2) is 39.0 Å². The van der Waals surface area contributed by atoms with Crippen molar-refractivity contribution in [3.8, 4) is 6.07 Å². The number of hydrogen-bond donors (Lipinski definition) is 0. The Morgan fingerprint density at radius 1 is 1.50 bits per heavy atom. The van der Waals surface area contributed by atoms with Gasteiger partial charge in [0.25, 0.3) is 5.22 Å². The molecule has 0 radical (unpaired) electrons. The Labute approximate surface area is 102 Å².